The van der Waals surface area contributed by atoms with Crippen LogP contribution < -0.4 is 5.32 Å². The fourth-order valence-electron chi connectivity index (χ4n) is 1.05. The van der Waals surface area contributed by atoms with Crippen molar-refractivity contribution in [1.29, 1.82) is 0 Å². The maximum Gasteiger partial charge on any atom is 0.326 e. The predicted molar refractivity (Wildman–Crippen MR) is 61.7 cm³/mol. The van der Waals surface area contributed by atoms with E-state index in [0.29, 0.717) is 10.9 Å². The fourth-order valence-corrected chi connectivity index (χ4v) is 1.37. The van der Waals surface area contributed by atoms with Gasteiger partial charge in [-0.15, -0.1) is 0 Å². The quantitative estimate of drug-likeness (QED) is 0.779. The van der Waals surface area contributed by atoms with Gasteiger partial charge in [0.15, 0.2) is 0 Å². The van der Waals surface area contributed by atoms with E-state index in [2.05, 4.69) is 27.8 Å². The molecule has 0 aromatic rings. The van der Waals surface area contributed by atoms with Crippen LogP contribution in [-0.4, -0.2) is 23.0 Å². The lowest BCUT2D eigenvalue weighted by molar-refractivity contribution is -0.141. The van der Waals surface area contributed by atoms with E-state index in [0.717, 1.165) is 0 Å². The summed E-state index contributed by atoms with van der Waals surface area (Å²) in [6, 6.07) is -0.900. The molecule has 4 nitrogen and oxygen atoms in total. The first kappa shape index (κ1) is 14.2. The third kappa shape index (κ3) is 7.13. The number of carbonyl (C=O) groups excluding carboxylic acids is 1. The molecule has 0 saturated heterocycles. The average molecular weight is 278 g/mol. The highest BCUT2D eigenvalue weighted by Crippen LogP contribution is 2.10. The molecule has 0 heterocycles. The highest BCUT2D eigenvalue weighted by molar-refractivity contribution is 9.11. The zero-order valence-corrected chi connectivity index (χ0v) is 10.5. The van der Waals surface area contributed by atoms with Gasteiger partial charge in [-0.3, -0.25) is 4.79 Å². The van der Waals surface area contributed by atoms with Crippen LogP contribution in [-0.2, 0) is 9.59 Å². The molecule has 0 bridgehead atoms. The molecule has 1 amide bonds. The zero-order valence-electron chi connectivity index (χ0n) is 8.92. The summed E-state index contributed by atoms with van der Waals surface area (Å²) in [4.78, 5) is 22.1. The molecule has 2 N–H and O–H groups in total. The van der Waals surface area contributed by atoms with Crippen LogP contribution in [0.4, 0.5) is 0 Å². The molecule has 0 spiro atoms. The second-order valence-corrected chi connectivity index (χ2v) is 4.90. The Bertz CT molecular complexity index is 263. The first-order valence-corrected chi connectivity index (χ1v) is 5.47. The van der Waals surface area contributed by atoms with E-state index in [9.17, 15) is 9.59 Å². The van der Waals surface area contributed by atoms with Crippen LogP contribution >= 0.6 is 15.9 Å². The van der Waals surface area contributed by atoms with Crippen LogP contribution in [0.5, 0.6) is 0 Å². The van der Waals surface area contributed by atoms with Crippen molar-refractivity contribution in [1.82, 2.24) is 5.32 Å². The van der Waals surface area contributed by atoms with Gasteiger partial charge in [-0.25, -0.2) is 4.79 Å². The number of carboxylic acids is 1. The van der Waals surface area contributed by atoms with Gasteiger partial charge in [-0.1, -0.05) is 36.4 Å². The zero-order chi connectivity index (χ0) is 12.0. The molecule has 0 aromatic heterocycles. The Kier molecular flexibility index (Phi) is 6.24. The molecule has 0 aromatic carbocycles. The van der Waals surface area contributed by atoms with Gasteiger partial charge in [0.1, 0.15) is 6.04 Å². The summed E-state index contributed by atoms with van der Waals surface area (Å²) in [6.45, 7) is 7.35. The van der Waals surface area contributed by atoms with Crippen molar-refractivity contribution < 1.29 is 14.7 Å². The molecule has 0 rings (SSSR count). The first-order chi connectivity index (χ1) is 6.82. The van der Waals surface area contributed by atoms with Crippen molar-refractivity contribution in [3.05, 3.63) is 11.1 Å². The second-order valence-electron chi connectivity index (χ2n) is 3.78. The SMILES string of the molecule is C=C(Br)C[C@@H](NC(=O)CC(C)C)C(=O)O. The Morgan fingerprint density at radius 1 is 1.40 bits per heavy atom. The maximum absolute atomic E-state index is 11.3. The smallest absolute Gasteiger partial charge is 0.326 e. The van der Waals surface area contributed by atoms with Crippen LogP contribution in [0.1, 0.15) is 26.7 Å². The third-order valence-corrected chi connectivity index (χ3v) is 1.98. The molecule has 86 valence electrons. The van der Waals surface area contributed by atoms with E-state index in [1.807, 2.05) is 13.8 Å². The average Bonchev–Trinajstić information content (AvgIpc) is 1.99. The minimum absolute atomic E-state index is 0.194. The van der Waals surface area contributed by atoms with Crippen molar-refractivity contribution in [3.63, 3.8) is 0 Å². The first-order valence-electron chi connectivity index (χ1n) is 4.68. The van der Waals surface area contributed by atoms with Gasteiger partial charge in [-0.2, -0.15) is 0 Å². The lowest BCUT2D eigenvalue weighted by atomic mass is 10.1. The summed E-state index contributed by atoms with van der Waals surface area (Å²) in [5.74, 6) is -1.08. The summed E-state index contributed by atoms with van der Waals surface area (Å²) in [5.41, 5.74) is 0. The molecule has 0 unspecified atom stereocenters. The Labute approximate surface area is 97.9 Å². The maximum atomic E-state index is 11.3. The lowest BCUT2D eigenvalue weighted by Crippen LogP contribution is -2.41. The van der Waals surface area contributed by atoms with E-state index in [4.69, 9.17) is 5.11 Å². The van der Waals surface area contributed by atoms with E-state index >= 15 is 0 Å². The molecule has 0 aliphatic rings. The van der Waals surface area contributed by atoms with Crippen molar-refractivity contribution >= 4 is 27.8 Å². The van der Waals surface area contributed by atoms with E-state index in [1.54, 1.807) is 0 Å². The lowest BCUT2D eigenvalue weighted by Gasteiger charge is -2.14. The molecule has 15 heavy (non-hydrogen) atoms. The van der Waals surface area contributed by atoms with E-state index in [1.165, 1.54) is 0 Å². The molecule has 1 atom stereocenters. The summed E-state index contributed by atoms with van der Waals surface area (Å²) in [6.07, 6.45) is 0.526. The highest BCUT2D eigenvalue weighted by Gasteiger charge is 2.20. The van der Waals surface area contributed by atoms with Crippen LogP contribution in [0.25, 0.3) is 0 Å². The number of amides is 1. The molecule has 0 radical (unpaired) electrons. The van der Waals surface area contributed by atoms with Gasteiger partial charge in [0.05, 0.1) is 0 Å². The van der Waals surface area contributed by atoms with Crippen LogP contribution in [0.2, 0.25) is 0 Å². The number of carbonyl (C=O) groups is 2. The standard InChI is InChI=1S/C10H16BrNO3/c1-6(2)4-9(13)12-8(10(14)15)5-7(3)11/h6,8H,3-5H2,1-2H3,(H,12,13)(H,14,15)/t8-/m1/s1. The van der Waals surface area contributed by atoms with Gasteiger partial charge in [0.25, 0.3) is 0 Å². The Balaban J connectivity index is 4.22. The van der Waals surface area contributed by atoms with Crippen LogP contribution in [0, 0.1) is 5.92 Å². The molecule has 0 aliphatic heterocycles. The normalized spacial score (nSPS) is 12.3. The predicted octanol–water partition coefficient (Wildman–Crippen LogP) is 1.90. The molecule has 0 aliphatic carbocycles. The summed E-state index contributed by atoms with van der Waals surface area (Å²) in [5, 5.41) is 11.3. The minimum Gasteiger partial charge on any atom is -0.480 e. The summed E-state index contributed by atoms with van der Waals surface area (Å²) < 4.78 is 0.555. The van der Waals surface area contributed by atoms with Crippen LogP contribution in [0.15, 0.2) is 11.1 Å². The van der Waals surface area contributed by atoms with Crippen LogP contribution in [0.3, 0.4) is 0 Å². The van der Waals surface area contributed by atoms with Crippen molar-refractivity contribution in [3.8, 4) is 0 Å². The van der Waals surface area contributed by atoms with E-state index < -0.39 is 12.0 Å². The second kappa shape index (κ2) is 6.61. The molecule has 0 fully saturated rings. The Hall–Kier alpha value is -0.840. The van der Waals surface area contributed by atoms with Gasteiger partial charge < -0.3 is 10.4 Å². The number of aliphatic carboxylic acids is 1. The number of carboxylic acid groups (broad SMARTS) is 1. The van der Waals surface area contributed by atoms with Gasteiger partial charge in [-0.05, 0) is 10.4 Å². The highest BCUT2D eigenvalue weighted by atomic mass is 79.9. The van der Waals surface area contributed by atoms with Gasteiger partial charge in [0, 0.05) is 12.8 Å². The minimum atomic E-state index is -1.05. The number of hydrogen-bond acceptors (Lipinski definition) is 2. The third-order valence-electron chi connectivity index (χ3n) is 1.65. The topological polar surface area (TPSA) is 66.4 Å². The fraction of sp³-hybridized carbons (Fsp3) is 0.600. The Morgan fingerprint density at radius 3 is 2.27 bits per heavy atom. The molecular weight excluding hydrogens is 262 g/mol. The summed E-state index contributed by atoms with van der Waals surface area (Å²) >= 11 is 3.08. The molecule has 0 saturated carbocycles. The number of halogens is 1. The van der Waals surface area contributed by atoms with Crippen molar-refractivity contribution in [2.24, 2.45) is 5.92 Å². The molecule has 5 heteroatoms. The largest absolute Gasteiger partial charge is 0.480 e. The number of hydrogen-bond donors (Lipinski definition) is 2. The Morgan fingerprint density at radius 2 is 1.93 bits per heavy atom. The van der Waals surface area contributed by atoms with Crippen molar-refractivity contribution in [2.75, 3.05) is 0 Å². The summed E-state index contributed by atoms with van der Waals surface area (Å²) in [7, 11) is 0. The number of nitrogens with one attached hydrogen (secondary N) is 1. The van der Waals surface area contributed by atoms with Gasteiger partial charge >= 0.3 is 5.97 Å². The van der Waals surface area contributed by atoms with E-state index in [-0.39, 0.29) is 18.2 Å². The molecular formula is C10H16BrNO3. The number of rotatable bonds is 6. The monoisotopic (exact) mass is 277 g/mol. The van der Waals surface area contributed by atoms with Crippen molar-refractivity contribution in [2.45, 2.75) is 32.7 Å². The van der Waals surface area contributed by atoms with Gasteiger partial charge in [0.2, 0.25) is 5.91 Å².